The van der Waals surface area contributed by atoms with Crippen LogP contribution in [0.1, 0.15) is 45.1 Å². The van der Waals surface area contributed by atoms with Gasteiger partial charge < -0.3 is 9.88 Å². The second-order valence-electron chi connectivity index (χ2n) is 5.82. The van der Waals surface area contributed by atoms with Crippen molar-refractivity contribution in [3.05, 3.63) is 30.1 Å². The third-order valence-corrected chi connectivity index (χ3v) is 3.07. The summed E-state index contributed by atoms with van der Waals surface area (Å²) >= 11 is 0. The lowest BCUT2D eigenvalue weighted by molar-refractivity contribution is 0.541. The van der Waals surface area contributed by atoms with E-state index in [4.69, 9.17) is 0 Å². The molecule has 0 aliphatic rings. The van der Waals surface area contributed by atoms with Crippen molar-refractivity contribution < 1.29 is 0 Å². The number of nitrogens with one attached hydrogen (secondary N) is 1. The van der Waals surface area contributed by atoms with E-state index in [9.17, 15) is 0 Å². The summed E-state index contributed by atoms with van der Waals surface area (Å²) < 4.78 is 4.01. The zero-order valence-electron chi connectivity index (χ0n) is 12.7. The molecular weight excluding hydrogens is 252 g/mol. The van der Waals surface area contributed by atoms with E-state index < -0.39 is 0 Å². The maximum absolute atomic E-state index is 4.20. The van der Waals surface area contributed by atoms with Gasteiger partial charge in [0.15, 0.2) is 0 Å². The van der Waals surface area contributed by atoms with Gasteiger partial charge in [-0.15, -0.1) is 5.10 Å². The Bertz CT molecular complexity index is 525. The number of nitrogens with zero attached hydrogens (tertiary/aromatic N) is 5. The summed E-state index contributed by atoms with van der Waals surface area (Å²) in [6.07, 6.45) is 5.74. The number of hydrogen-bond donors (Lipinski definition) is 1. The van der Waals surface area contributed by atoms with E-state index >= 15 is 0 Å². The molecule has 0 atom stereocenters. The number of aromatic nitrogens is 5. The van der Waals surface area contributed by atoms with Crippen LogP contribution in [0.5, 0.6) is 0 Å². The van der Waals surface area contributed by atoms with E-state index in [2.05, 4.69) is 52.9 Å². The van der Waals surface area contributed by atoms with Crippen molar-refractivity contribution in [2.45, 2.75) is 46.8 Å². The van der Waals surface area contributed by atoms with Gasteiger partial charge in [0, 0.05) is 12.6 Å². The first-order chi connectivity index (χ1) is 9.56. The molecule has 0 bridgehead atoms. The monoisotopic (exact) mass is 276 g/mol. The van der Waals surface area contributed by atoms with Gasteiger partial charge in [-0.3, -0.25) is 0 Å². The molecule has 0 saturated heterocycles. The molecule has 0 aliphatic heterocycles. The van der Waals surface area contributed by atoms with Crippen molar-refractivity contribution in [1.29, 1.82) is 0 Å². The van der Waals surface area contributed by atoms with Crippen molar-refractivity contribution in [2.75, 3.05) is 6.54 Å². The minimum atomic E-state index is 0.406. The summed E-state index contributed by atoms with van der Waals surface area (Å²) in [6.45, 7) is 11.1. The molecular formula is C14H24N6. The average Bonchev–Trinajstić information content (AvgIpc) is 2.99. The van der Waals surface area contributed by atoms with Gasteiger partial charge in [-0.1, -0.05) is 19.1 Å². The quantitative estimate of drug-likeness (QED) is 0.838. The van der Waals surface area contributed by atoms with Gasteiger partial charge in [0.25, 0.3) is 0 Å². The molecule has 0 amide bonds. The Balaban J connectivity index is 1.94. The van der Waals surface area contributed by atoms with Crippen LogP contribution in [0.2, 0.25) is 0 Å². The summed E-state index contributed by atoms with van der Waals surface area (Å²) in [5.74, 6) is 0.644. The largest absolute Gasteiger partial charge is 0.330 e. The molecule has 2 heterocycles. The maximum Gasteiger partial charge on any atom is 0.0964 e. The average molecular weight is 276 g/mol. The predicted octanol–water partition coefficient (Wildman–Crippen LogP) is 1.85. The van der Waals surface area contributed by atoms with Gasteiger partial charge in [0.2, 0.25) is 0 Å². The molecule has 0 radical (unpaired) electrons. The zero-order chi connectivity index (χ0) is 14.5. The lowest BCUT2D eigenvalue weighted by Gasteiger charge is -2.11. The fourth-order valence-corrected chi connectivity index (χ4v) is 2.07. The Kier molecular flexibility index (Phi) is 4.89. The van der Waals surface area contributed by atoms with E-state index in [0.29, 0.717) is 18.5 Å². The highest BCUT2D eigenvalue weighted by Crippen LogP contribution is 2.10. The molecule has 2 rings (SSSR count). The highest BCUT2D eigenvalue weighted by molar-refractivity contribution is 5.02. The molecule has 1 N–H and O–H groups in total. The molecule has 0 spiro atoms. The van der Waals surface area contributed by atoms with E-state index in [-0.39, 0.29) is 0 Å². The Morgan fingerprint density at radius 1 is 1.25 bits per heavy atom. The van der Waals surface area contributed by atoms with Crippen molar-refractivity contribution >= 4 is 0 Å². The third-order valence-electron chi connectivity index (χ3n) is 3.07. The minimum absolute atomic E-state index is 0.406. The van der Waals surface area contributed by atoms with Gasteiger partial charge in [-0.2, -0.15) is 0 Å². The second-order valence-corrected chi connectivity index (χ2v) is 5.82. The van der Waals surface area contributed by atoms with Gasteiger partial charge in [-0.25, -0.2) is 9.67 Å². The van der Waals surface area contributed by atoms with Gasteiger partial charge in [0.1, 0.15) is 0 Å². The number of rotatable bonds is 7. The topological polar surface area (TPSA) is 60.6 Å². The summed E-state index contributed by atoms with van der Waals surface area (Å²) in [4.78, 5) is 4.20. The summed E-state index contributed by atoms with van der Waals surface area (Å²) in [5.41, 5.74) is 2.12. The van der Waals surface area contributed by atoms with Gasteiger partial charge >= 0.3 is 0 Å². The first kappa shape index (κ1) is 14.7. The van der Waals surface area contributed by atoms with Crippen LogP contribution >= 0.6 is 0 Å². The SMILES string of the molecule is CC(C)CNCc1cn(Cc2cncn2C(C)C)nn1. The summed E-state index contributed by atoms with van der Waals surface area (Å²) in [6, 6.07) is 0.406. The predicted molar refractivity (Wildman–Crippen MR) is 78.3 cm³/mol. The Hall–Kier alpha value is -1.69. The van der Waals surface area contributed by atoms with Crippen LogP contribution in [-0.4, -0.2) is 31.1 Å². The molecule has 6 heteroatoms. The zero-order valence-corrected chi connectivity index (χ0v) is 12.7. The number of hydrogen-bond acceptors (Lipinski definition) is 4. The smallest absolute Gasteiger partial charge is 0.0964 e. The molecule has 0 unspecified atom stereocenters. The Morgan fingerprint density at radius 2 is 2.05 bits per heavy atom. The standard InChI is InChI=1S/C14H24N6/c1-11(2)5-15-6-13-8-19(18-17-13)9-14-7-16-10-20(14)12(3)4/h7-8,10-12,15H,5-6,9H2,1-4H3. The first-order valence-electron chi connectivity index (χ1n) is 7.16. The fraction of sp³-hybridized carbons (Fsp3) is 0.643. The molecule has 6 nitrogen and oxygen atoms in total. The molecule has 0 fully saturated rings. The van der Waals surface area contributed by atoms with Crippen LogP contribution in [0.15, 0.2) is 18.7 Å². The Labute approximate surface area is 120 Å². The fourth-order valence-electron chi connectivity index (χ4n) is 2.07. The lowest BCUT2D eigenvalue weighted by Crippen LogP contribution is -2.19. The van der Waals surface area contributed by atoms with Crippen LogP contribution in [0.25, 0.3) is 0 Å². The van der Waals surface area contributed by atoms with E-state index in [1.807, 2.05) is 23.4 Å². The Morgan fingerprint density at radius 3 is 2.75 bits per heavy atom. The van der Waals surface area contributed by atoms with Crippen molar-refractivity contribution in [3.8, 4) is 0 Å². The maximum atomic E-state index is 4.20. The first-order valence-corrected chi connectivity index (χ1v) is 7.16. The van der Waals surface area contributed by atoms with E-state index in [0.717, 1.165) is 24.5 Å². The normalized spacial score (nSPS) is 11.7. The van der Waals surface area contributed by atoms with Crippen LogP contribution < -0.4 is 5.32 Å². The van der Waals surface area contributed by atoms with Crippen molar-refractivity contribution in [1.82, 2.24) is 29.9 Å². The molecule has 0 aliphatic carbocycles. The van der Waals surface area contributed by atoms with Gasteiger partial charge in [-0.05, 0) is 26.3 Å². The third kappa shape index (κ3) is 3.90. The second kappa shape index (κ2) is 6.65. The van der Waals surface area contributed by atoms with Crippen molar-refractivity contribution in [2.24, 2.45) is 5.92 Å². The molecule has 20 heavy (non-hydrogen) atoms. The van der Waals surface area contributed by atoms with Crippen LogP contribution in [0.3, 0.4) is 0 Å². The molecule has 2 aromatic rings. The summed E-state index contributed by atoms with van der Waals surface area (Å²) in [7, 11) is 0. The summed E-state index contributed by atoms with van der Waals surface area (Å²) in [5, 5.41) is 11.7. The molecule has 110 valence electrons. The molecule has 2 aromatic heterocycles. The van der Waals surface area contributed by atoms with Crippen LogP contribution in [0, 0.1) is 5.92 Å². The van der Waals surface area contributed by atoms with Crippen LogP contribution in [0.4, 0.5) is 0 Å². The minimum Gasteiger partial charge on any atom is -0.330 e. The molecule has 0 saturated carbocycles. The molecule has 0 aromatic carbocycles. The number of imidazole rings is 1. The van der Waals surface area contributed by atoms with Crippen molar-refractivity contribution in [3.63, 3.8) is 0 Å². The van der Waals surface area contributed by atoms with Gasteiger partial charge in [0.05, 0.1) is 36.7 Å². The van der Waals surface area contributed by atoms with Crippen LogP contribution in [-0.2, 0) is 13.1 Å². The lowest BCUT2D eigenvalue weighted by atomic mass is 10.2. The van der Waals surface area contributed by atoms with E-state index in [1.165, 1.54) is 0 Å². The highest BCUT2D eigenvalue weighted by Gasteiger charge is 2.07. The highest BCUT2D eigenvalue weighted by atomic mass is 15.4. The van der Waals surface area contributed by atoms with E-state index in [1.54, 1.807) is 0 Å².